The highest BCUT2D eigenvalue weighted by Crippen LogP contribution is 2.44. The number of anilines is 4. The molecule has 3 aromatic rings. The van der Waals surface area contributed by atoms with E-state index in [0.29, 0.717) is 28.9 Å². The molecule has 2 N–H and O–H groups in total. The molecule has 6 rings (SSSR count). The van der Waals surface area contributed by atoms with Gasteiger partial charge in [-0.3, -0.25) is 4.79 Å². The Morgan fingerprint density at radius 3 is 2.89 bits per heavy atom. The van der Waals surface area contributed by atoms with Crippen molar-refractivity contribution in [2.45, 2.75) is 37.6 Å². The molecule has 180 valence electrons. The van der Waals surface area contributed by atoms with E-state index in [1.165, 1.54) is 53.9 Å². The van der Waals surface area contributed by atoms with Crippen LogP contribution in [0.4, 0.5) is 27.5 Å². The molecule has 2 aliphatic heterocycles. The number of halogens is 2. The summed E-state index contributed by atoms with van der Waals surface area (Å²) < 4.78 is 14.1. The van der Waals surface area contributed by atoms with Gasteiger partial charge in [0.05, 0.1) is 6.20 Å². The van der Waals surface area contributed by atoms with Crippen molar-refractivity contribution in [1.82, 2.24) is 14.9 Å². The molecule has 0 saturated heterocycles. The fourth-order valence-electron chi connectivity index (χ4n) is 5.88. The predicted octanol–water partition coefficient (Wildman–Crippen LogP) is 5.20. The zero-order valence-corrected chi connectivity index (χ0v) is 20.0. The van der Waals surface area contributed by atoms with Gasteiger partial charge in [0.25, 0.3) is 0 Å². The lowest BCUT2D eigenvalue weighted by Crippen LogP contribution is -2.33. The van der Waals surface area contributed by atoms with Crippen LogP contribution in [0.25, 0.3) is 0 Å². The van der Waals surface area contributed by atoms with E-state index in [9.17, 15) is 14.3 Å². The van der Waals surface area contributed by atoms with Crippen LogP contribution in [0.2, 0.25) is 5.02 Å². The molecule has 2 aromatic carbocycles. The van der Waals surface area contributed by atoms with Crippen molar-refractivity contribution >= 4 is 40.7 Å². The number of carbonyl (C=O) groups is 1. The normalized spacial score (nSPS) is 20.9. The van der Waals surface area contributed by atoms with E-state index in [4.69, 9.17) is 11.6 Å². The van der Waals surface area contributed by atoms with Crippen LogP contribution < -0.4 is 10.2 Å². The molecule has 2 atom stereocenters. The molecule has 0 spiro atoms. The highest BCUT2D eigenvalue weighted by atomic mass is 35.5. The van der Waals surface area contributed by atoms with E-state index in [2.05, 4.69) is 39.4 Å². The predicted molar refractivity (Wildman–Crippen MR) is 133 cm³/mol. The third-order valence-electron chi connectivity index (χ3n) is 7.29. The number of benzene rings is 2. The van der Waals surface area contributed by atoms with Crippen molar-refractivity contribution < 1.29 is 14.3 Å². The third-order valence-corrected chi connectivity index (χ3v) is 7.56. The summed E-state index contributed by atoms with van der Waals surface area (Å²) in [6.45, 7) is 2.13. The zero-order valence-electron chi connectivity index (χ0n) is 19.3. The monoisotopic (exact) mass is 493 g/mol. The van der Waals surface area contributed by atoms with Gasteiger partial charge in [-0.1, -0.05) is 17.7 Å². The second-order valence-electron chi connectivity index (χ2n) is 9.69. The quantitative estimate of drug-likeness (QED) is 0.517. The summed E-state index contributed by atoms with van der Waals surface area (Å²) >= 11 is 6.45. The van der Waals surface area contributed by atoms with Gasteiger partial charge in [-0.25, -0.2) is 9.37 Å². The lowest BCUT2D eigenvalue weighted by Gasteiger charge is -2.37. The number of nitrogens with one attached hydrogen (secondary N) is 1. The summed E-state index contributed by atoms with van der Waals surface area (Å²) in [5.41, 5.74) is 6.14. The van der Waals surface area contributed by atoms with E-state index in [-0.39, 0.29) is 11.6 Å². The number of aromatic nitrogens is 2. The minimum absolute atomic E-state index is 0.112. The Morgan fingerprint density at radius 2 is 2.06 bits per heavy atom. The van der Waals surface area contributed by atoms with Crippen molar-refractivity contribution in [3.05, 3.63) is 69.6 Å². The maximum Gasteiger partial charge on any atom is 0.312 e. The molecule has 9 heteroatoms. The second-order valence-corrected chi connectivity index (χ2v) is 10.1. The van der Waals surface area contributed by atoms with Crippen LogP contribution in [-0.2, 0) is 17.8 Å². The Bertz CT molecular complexity index is 1350. The number of fused-ring (bicyclic) bond motifs is 1. The molecule has 2 unspecified atom stereocenters. The summed E-state index contributed by atoms with van der Waals surface area (Å²) in [5, 5.41) is 13.3. The average molecular weight is 494 g/mol. The molecule has 3 heterocycles. The number of likely N-dealkylation sites (N-methyl/N-ethyl adjacent to an activating group) is 1. The van der Waals surface area contributed by atoms with Gasteiger partial charge in [-0.2, -0.15) is 4.98 Å². The molecular weight excluding hydrogens is 469 g/mol. The molecule has 0 saturated carbocycles. The Hall–Kier alpha value is -3.23. The smallest absolute Gasteiger partial charge is 0.312 e. The maximum absolute atomic E-state index is 14.1. The average Bonchev–Trinajstić information content (AvgIpc) is 3.19. The molecule has 0 bridgehead atoms. The number of rotatable bonds is 4. The highest BCUT2D eigenvalue weighted by Gasteiger charge is 2.36. The molecule has 0 fully saturated rings. The summed E-state index contributed by atoms with van der Waals surface area (Å²) in [7, 11) is 2.16. The Kier molecular flexibility index (Phi) is 5.38. The fourth-order valence-corrected chi connectivity index (χ4v) is 6.08. The van der Waals surface area contributed by atoms with Crippen molar-refractivity contribution in [3.8, 4) is 0 Å². The lowest BCUT2D eigenvalue weighted by atomic mass is 9.77. The Labute approximate surface area is 207 Å². The van der Waals surface area contributed by atoms with Crippen LogP contribution in [0.3, 0.4) is 0 Å². The van der Waals surface area contributed by atoms with Crippen LogP contribution in [0.5, 0.6) is 0 Å². The van der Waals surface area contributed by atoms with Gasteiger partial charge in [-0.05, 0) is 78.7 Å². The first-order valence-corrected chi connectivity index (χ1v) is 12.2. The van der Waals surface area contributed by atoms with Gasteiger partial charge < -0.3 is 20.2 Å². The second kappa shape index (κ2) is 8.46. The minimum atomic E-state index is -0.977. The zero-order chi connectivity index (χ0) is 24.3. The number of aryl methyl sites for hydroxylation is 1. The first-order chi connectivity index (χ1) is 16.9. The van der Waals surface area contributed by atoms with Crippen molar-refractivity contribution in [3.63, 3.8) is 0 Å². The van der Waals surface area contributed by atoms with Gasteiger partial charge >= 0.3 is 5.97 Å². The minimum Gasteiger partial charge on any atom is -0.481 e. The summed E-state index contributed by atoms with van der Waals surface area (Å²) in [6.07, 6.45) is 4.98. The van der Waals surface area contributed by atoms with E-state index in [0.717, 1.165) is 25.2 Å². The van der Waals surface area contributed by atoms with Crippen molar-refractivity contribution in [2.75, 3.05) is 30.4 Å². The maximum atomic E-state index is 14.1. The molecule has 0 amide bonds. The molecule has 35 heavy (non-hydrogen) atoms. The number of carboxylic acid groups (broad SMARTS) is 1. The summed E-state index contributed by atoms with van der Waals surface area (Å²) in [4.78, 5) is 24.9. The van der Waals surface area contributed by atoms with Crippen LogP contribution in [0.15, 0.2) is 36.5 Å². The summed E-state index contributed by atoms with van der Waals surface area (Å²) in [6, 6.07) is 8.48. The van der Waals surface area contributed by atoms with Gasteiger partial charge in [-0.15, -0.1) is 0 Å². The first kappa shape index (κ1) is 22.2. The third kappa shape index (κ3) is 3.90. The SMILES string of the molecule is CN1Cc2cc(Nc3ncc(Cl)c(N4CC(C(=O)O)c5ccc(F)cc54)n3)cc3c2C(CCC3)C1. The Morgan fingerprint density at radius 1 is 1.23 bits per heavy atom. The van der Waals surface area contributed by atoms with Crippen LogP contribution in [-0.4, -0.2) is 46.1 Å². The molecule has 3 aliphatic rings. The number of carboxylic acids is 1. The van der Waals surface area contributed by atoms with Crippen LogP contribution in [0.1, 0.15) is 46.9 Å². The molecule has 1 aliphatic carbocycles. The van der Waals surface area contributed by atoms with E-state index in [1.54, 1.807) is 4.90 Å². The molecule has 0 radical (unpaired) electrons. The number of hydrogen-bond acceptors (Lipinski definition) is 6. The van der Waals surface area contributed by atoms with Crippen LogP contribution in [0, 0.1) is 5.82 Å². The Balaban J connectivity index is 1.35. The number of hydrogen-bond donors (Lipinski definition) is 2. The van der Waals surface area contributed by atoms with Gasteiger partial charge in [0.2, 0.25) is 5.95 Å². The first-order valence-electron chi connectivity index (χ1n) is 11.8. The van der Waals surface area contributed by atoms with E-state index in [1.807, 2.05) is 0 Å². The lowest BCUT2D eigenvalue weighted by molar-refractivity contribution is -0.138. The molecular formula is C26H25ClFN5O2. The topological polar surface area (TPSA) is 81.6 Å². The number of nitrogens with zero attached hydrogens (tertiary/aromatic N) is 4. The largest absolute Gasteiger partial charge is 0.481 e. The van der Waals surface area contributed by atoms with E-state index < -0.39 is 17.7 Å². The number of aliphatic carboxylic acids is 1. The van der Waals surface area contributed by atoms with E-state index >= 15 is 0 Å². The van der Waals surface area contributed by atoms with Crippen molar-refractivity contribution in [2.24, 2.45) is 0 Å². The standard InChI is InChI=1S/C26H25ClFN5O2/c1-32-11-15-4-2-3-14-7-18(8-16(12-32)23(14)15)30-26-29-10-21(27)24(31-26)33-13-20(25(34)35)19-6-5-17(28)9-22(19)33/h5-10,15,20H,2-4,11-13H2,1H3,(H,34,35)(H,29,30,31). The van der Waals surface area contributed by atoms with Gasteiger partial charge in [0.15, 0.2) is 5.82 Å². The van der Waals surface area contributed by atoms with Gasteiger partial charge in [0, 0.05) is 31.0 Å². The highest BCUT2D eigenvalue weighted by molar-refractivity contribution is 6.33. The van der Waals surface area contributed by atoms with Crippen LogP contribution >= 0.6 is 11.6 Å². The molecule has 1 aromatic heterocycles. The molecule has 7 nitrogen and oxygen atoms in total. The summed E-state index contributed by atoms with van der Waals surface area (Å²) in [5.74, 6) is -0.932. The van der Waals surface area contributed by atoms with Crippen molar-refractivity contribution in [1.29, 1.82) is 0 Å². The van der Waals surface area contributed by atoms with Gasteiger partial charge in [0.1, 0.15) is 16.8 Å². The fraction of sp³-hybridized carbons (Fsp3) is 0.346.